The Morgan fingerprint density at radius 2 is 1.96 bits per heavy atom. The molecule has 0 spiro atoms. The van der Waals surface area contributed by atoms with E-state index in [1.807, 2.05) is 0 Å². The summed E-state index contributed by atoms with van der Waals surface area (Å²) in [7, 11) is 2.99. The summed E-state index contributed by atoms with van der Waals surface area (Å²) >= 11 is 0. The molecule has 0 saturated heterocycles. The molecule has 140 valence electrons. The van der Waals surface area contributed by atoms with Gasteiger partial charge in [-0.3, -0.25) is 5.01 Å². The quantitative estimate of drug-likeness (QED) is 0.728. The first-order valence-corrected chi connectivity index (χ1v) is 8.03. The zero-order valence-corrected chi connectivity index (χ0v) is 14.6. The van der Waals surface area contributed by atoms with Crippen molar-refractivity contribution < 1.29 is 28.8 Å². The zero-order valence-electron chi connectivity index (χ0n) is 14.6. The minimum Gasteiger partial charge on any atom is -0.496 e. The number of fused-ring (bicyclic) bond motifs is 1. The molecule has 3 N–H and O–H groups in total. The number of hydrogen-bond acceptors (Lipinski definition) is 8. The number of nitrogens with one attached hydrogen (secondary N) is 2. The number of anilines is 1. The number of hydrogen-bond donors (Lipinski definition) is 3. The maximum atomic E-state index is 11.5. The molecule has 0 bridgehead atoms. The number of benzene rings is 2. The molecule has 0 atom stereocenters. The fourth-order valence-corrected chi connectivity index (χ4v) is 2.99. The molecule has 0 unspecified atom stereocenters. The SMILES string of the molecule is COc1ccc(C2=CNNN2c2cc(OC)c3c(c2)OCO3)cc1C(=O)O. The van der Waals surface area contributed by atoms with Gasteiger partial charge in [-0.25, -0.2) is 4.79 Å². The maximum Gasteiger partial charge on any atom is 0.339 e. The third kappa shape index (κ3) is 2.83. The van der Waals surface area contributed by atoms with Crippen LogP contribution in [0.25, 0.3) is 5.70 Å². The predicted octanol–water partition coefficient (Wildman–Crippen LogP) is 1.96. The van der Waals surface area contributed by atoms with Crippen LogP contribution in [0, 0.1) is 0 Å². The summed E-state index contributed by atoms with van der Waals surface area (Å²) in [5.41, 5.74) is 8.11. The van der Waals surface area contributed by atoms with Crippen LogP contribution in [0.3, 0.4) is 0 Å². The van der Waals surface area contributed by atoms with Gasteiger partial charge in [0.15, 0.2) is 11.5 Å². The smallest absolute Gasteiger partial charge is 0.339 e. The Morgan fingerprint density at radius 1 is 1.15 bits per heavy atom. The van der Waals surface area contributed by atoms with Crippen LogP contribution >= 0.6 is 0 Å². The molecule has 9 heteroatoms. The van der Waals surface area contributed by atoms with Crippen LogP contribution in [0.5, 0.6) is 23.0 Å². The van der Waals surface area contributed by atoms with Gasteiger partial charge < -0.3 is 29.5 Å². The molecule has 2 aromatic carbocycles. The van der Waals surface area contributed by atoms with Crippen molar-refractivity contribution in [1.29, 1.82) is 0 Å². The van der Waals surface area contributed by atoms with Gasteiger partial charge in [0, 0.05) is 23.9 Å². The third-order valence-electron chi connectivity index (χ3n) is 4.25. The normalized spacial score (nSPS) is 14.6. The number of rotatable bonds is 5. The van der Waals surface area contributed by atoms with Gasteiger partial charge in [0.05, 0.1) is 25.6 Å². The largest absolute Gasteiger partial charge is 0.496 e. The van der Waals surface area contributed by atoms with Crippen molar-refractivity contribution in [1.82, 2.24) is 11.0 Å². The zero-order chi connectivity index (χ0) is 19.0. The minimum absolute atomic E-state index is 0.0750. The molecule has 27 heavy (non-hydrogen) atoms. The number of hydrazine groups is 2. The number of carbonyl (C=O) groups is 1. The Labute approximate surface area is 154 Å². The van der Waals surface area contributed by atoms with Crippen LogP contribution in [-0.2, 0) is 0 Å². The highest BCUT2D eigenvalue weighted by molar-refractivity contribution is 5.93. The first kappa shape index (κ1) is 16.9. The lowest BCUT2D eigenvalue weighted by atomic mass is 10.1. The molecule has 0 amide bonds. The Morgan fingerprint density at radius 3 is 2.70 bits per heavy atom. The van der Waals surface area contributed by atoms with Crippen LogP contribution in [0.15, 0.2) is 36.5 Å². The molecule has 0 radical (unpaired) electrons. The average Bonchev–Trinajstić information content (AvgIpc) is 3.35. The highest BCUT2D eigenvalue weighted by atomic mass is 16.7. The molecule has 0 aliphatic carbocycles. The van der Waals surface area contributed by atoms with Crippen molar-refractivity contribution in [3.63, 3.8) is 0 Å². The Balaban J connectivity index is 1.74. The minimum atomic E-state index is -1.07. The molecule has 2 heterocycles. The van der Waals surface area contributed by atoms with E-state index in [2.05, 4.69) is 11.0 Å². The lowest BCUT2D eigenvalue weighted by Gasteiger charge is -2.23. The standard InChI is InChI=1S/C18H17N3O6/c1-24-14-4-3-10(5-12(14)18(22)23)13-8-19-20-21(13)11-6-15(25-2)17-16(7-11)26-9-27-17/h3-8,19-20H,9H2,1-2H3,(H,22,23). The Hall–Kier alpha value is -3.59. The van der Waals surface area contributed by atoms with Crippen molar-refractivity contribution in [3.8, 4) is 23.0 Å². The topological polar surface area (TPSA) is 102 Å². The summed E-state index contributed by atoms with van der Waals surface area (Å²) in [4.78, 5) is 11.5. The lowest BCUT2D eigenvalue weighted by molar-refractivity contribution is 0.0693. The van der Waals surface area contributed by atoms with E-state index in [9.17, 15) is 9.90 Å². The monoisotopic (exact) mass is 371 g/mol. The second-order valence-electron chi connectivity index (χ2n) is 5.72. The van der Waals surface area contributed by atoms with E-state index in [-0.39, 0.29) is 12.4 Å². The van der Waals surface area contributed by atoms with Crippen molar-refractivity contribution >= 4 is 17.4 Å². The first-order valence-electron chi connectivity index (χ1n) is 8.03. The fraction of sp³-hybridized carbons (Fsp3) is 0.167. The molecule has 0 saturated carbocycles. The molecular weight excluding hydrogens is 354 g/mol. The first-order chi connectivity index (χ1) is 13.1. The molecule has 2 aliphatic heterocycles. The van der Waals surface area contributed by atoms with E-state index in [1.54, 1.807) is 48.7 Å². The summed E-state index contributed by atoms with van der Waals surface area (Å²) in [5, 5.41) is 11.2. The Kier molecular flexibility index (Phi) is 4.13. The summed E-state index contributed by atoms with van der Waals surface area (Å²) < 4.78 is 21.4. The van der Waals surface area contributed by atoms with E-state index in [0.29, 0.717) is 34.3 Å². The van der Waals surface area contributed by atoms with Crippen molar-refractivity contribution in [2.75, 3.05) is 26.0 Å². The molecule has 2 aliphatic rings. The van der Waals surface area contributed by atoms with Gasteiger partial charge in [0.25, 0.3) is 0 Å². The number of aromatic carboxylic acids is 1. The highest BCUT2D eigenvalue weighted by Gasteiger charge is 2.26. The van der Waals surface area contributed by atoms with Crippen molar-refractivity contribution in [3.05, 3.63) is 47.7 Å². The molecule has 4 rings (SSSR count). The number of nitrogens with zero attached hydrogens (tertiary/aromatic N) is 1. The van der Waals surface area contributed by atoms with Gasteiger partial charge in [-0.05, 0) is 18.2 Å². The molecule has 0 fully saturated rings. The molecule has 0 aromatic heterocycles. The van der Waals surface area contributed by atoms with Crippen LogP contribution in [0.4, 0.5) is 5.69 Å². The average molecular weight is 371 g/mol. The second kappa shape index (κ2) is 6.61. The van der Waals surface area contributed by atoms with Crippen molar-refractivity contribution in [2.24, 2.45) is 0 Å². The molecular formula is C18H17N3O6. The van der Waals surface area contributed by atoms with Crippen LogP contribution in [-0.4, -0.2) is 32.1 Å². The maximum absolute atomic E-state index is 11.5. The van der Waals surface area contributed by atoms with Gasteiger partial charge >= 0.3 is 5.97 Å². The summed E-state index contributed by atoms with van der Waals surface area (Å²) in [5.74, 6) is 0.885. The van der Waals surface area contributed by atoms with Crippen molar-refractivity contribution in [2.45, 2.75) is 0 Å². The second-order valence-corrected chi connectivity index (χ2v) is 5.72. The van der Waals surface area contributed by atoms with Gasteiger partial charge in [-0.2, -0.15) is 0 Å². The van der Waals surface area contributed by atoms with Gasteiger partial charge in [-0.15, -0.1) is 5.53 Å². The highest BCUT2D eigenvalue weighted by Crippen LogP contribution is 2.45. The van der Waals surface area contributed by atoms with E-state index in [4.69, 9.17) is 18.9 Å². The van der Waals surface area contributed by atoms with E-state index < -0.39 is 5.97 Å². The third-order valence-corrected chi connectivity index (χ3v) is 4.25. The lowest BCUT2D eigenvalue weighted by Crippen LogP contribution is -2.37. The summed E-state index contributed by atoms with van der Waals surface area (Å²) in [6.45, 7) is 0.129. The summed E-state index contributed by atoms with van der Waals surface area (Å²) in [6, 6.07) is 8.56. The molecule has 9 nitrogen and oxygen atoms in total. The summed E-state index contributed by atoms with van der Waals surface area (Å²) in [6.07, 6.45) is 1.73. The van der Waals surface area contributed by atoms with E-state index >= 15 is 0 Å². The van der Waals surface area contributed by atoms with E-state index in [0.717, 1.165) is 5.69 Å². The number of carboxylic acid groups (broad SMARTS) is 1. The number of carboxylic acids is 1. The molecule has 2 aromatic rings. The van der Waals surface area contributed by atoms with Crippen LogP contribution in [0.1, 0.15) is 15.9 Å². The van der Waals surface area contributed by atoms with E-state index in [1.165, 1.54) is 7.11 Å². The fourth-order valence-electron chi connectivity index (χ4n) is 2.99. The Bertz CT molecular complexity index is 943. The van der Waals surface area contributed by atoms with Crippen LogP contribution in [0.2, 0.25) is 0 Å². The van der Waals surface area contributed by atoms with Gasteiger partial charge in [-0.1, -0.05) is 0 Å². The van der Waals surface area contributed by atoms with Crippen LogP contribution < -0.4 is 34.9 Å². The number of methoxy groups -OCH3 is 2. The predicted molar refractivity (Wildman–Crippen MR) is 95.8 cm³/mol. The van der Waals surface area contributed by atoms with Gasteiger partial charge in [0.1, 0.15) is 11.3 Å². The van der Waals surface area contributed by atoms with Gasteiger partial charge in [0.2, 0.25) is 12.5 Å². The number of ether oxygens (including phenoxy) is 4.